The van der Waals surface area contributed by atoms with Crippen LogP contribution in [0, 0.1) is 5.82 Å². The highest BCUT2D eigenvalue weighted by Gasteiger charge is 2.08. The van der Waals surface area contributed by atoms with Gasteiger partial charge in [-0.15, -0.1) is 12.4 Å². The van der Waals surface area contributed by atoms with Gasteiger partial charge in [0, 0.05) is 6.54 Å². The molecule has 1 aromatic carbocycles. The smallest absolute Gasteiger partial charge is 0.338 e. The maximum Gasteiger partial charge on any atom is 0.338 e. The second kappa shape index (κ2) is 6.37. The quantitative estimate of drug-likeness (QED) is 0.811. The highest BCUT2D eigenvalue weighted by Crippen LogP contribution is 2.10. The van der Waals surface area contributed by atoms with E-state index in [9.17, 15) is 9.18 Å². The molecular weight excluding hydrogens is 221 g/mol. The van der Waals surface area contributed by atoms with E-state index in [-0.39, 0.29) is 31.1 Å². The van der Waals surface area contributed by atoms with E-state index >= 15 is 0 Å². The molecule has 15 heavy (non-hydrogen) atoms. The highest BCUT2D eigenvalue weighted by atomic mass is 35.5. The van der Waals surface area contributed by atoms with Gasteiger partial charge in [0.05, 0.1) is 12.2 Å². The molecule has 0 bridgehead atoms. The zero-order valence-electron chi connectivity index (χ0n) is 8.33. The van der Waals surface area contributed by atoms with Crippen molar-refractivity contribution in [3.8, 4) is 0 Å². The fourth-order valence-electron chi connectivity index (χ4n) is 1.10. The normalized spacial score (nSPS) is 9.27. The highest BCUT2D eigenvalue weighted by molar-refractivity contribution is 5.89. The Bertz CT molecular complexity index is 344. The molecule has 0 aliphatic carbocycles. The van der Waals surface area contributed by atoms with Gasteiger partial charge in [-0.05, 0) is 30.7 Å². The molecule has 0 amide bonds. The van der Waals surface area contributed by atoms with Gasteiger partial charge in [0.2, 0.25) is 0 Å². The van der Waals surface area contributed by atoms with Crippen molar-refractivity contribution < 1.29 is 13.9 Å². The van der Waals surface area contributed by atoms with Gasteiger partial charge in [-0.1, -0.05) is 0 Å². The molecule has 5 heteroatoms. The lowest BCUT2D eigenvalue weighted by Crippen LogP contribution is -2.07. The molecule has 84 valence electrons. The predicted molar refractivity (Wildman–Crippen MR) is 57.5 cm³/mol. The van der Waals surface area contributed by atoms with Crippen LogP contribution in [0.25, 0.3) is 0 Å². The lowest BCUT2D eigenvalue weighted by Gasteiger charge is -2.03. The summed E-state index contributed by atoms with van der Waals surface area (Å²) in [6, 6.07) is 3.96. The van der Waals surface area contributed by atoms with Crippen molar-refractivity contribution in [2.45, 2.75) is 13.5 Å². The third-order valence-electron chi connectivity index (χ3n) is 1.70. The van der Waals surface area contributed by atoms with Crippen molar-refractivity contribution in [1.29, 1.82) is 0 Å². The van der Waals surface area contributed by atoms with E-state index in [1.165, 1.54) is 12.1 Å². The van der Waals surface area contributed by atoms with Crippen molar-refractivity contribution in [2.24, 2.45) is 5.73 Å². The molecular formula is C10H13ClFNO2. The Morgan fingerprint density at radius 3 is 2.67 bits per heavy atom. The summed E-state index contributed by atoms with van der Waals surface area (Å²) in [6.45, 7) is 2.17. The van der Waals surface area contributed by atoms with Gasteiger partial charge in [0.25, 0.3) is 0 Å². The first-order chi connectivity index (χ1) is 6.67. The van der Waals surface area contributed by atoms with Gasteiger partial charge >= 0.3 is 5.97 Å². The molecule has 0 aliphatic heterocycles. The van der Waals surface area contributed by atoms with Crippen LogP contribution in [0.4, 0.5) is 4.39 Å². The van der Waals surface area contributed by atoms with Crippen molar-refractivity contribution in [3.63, 3.8) is 0 Å². The Balaban J connectivity index is 0.00000196. The average Bonchev–Trinajstić information content (AvgIpc) is 2.17. The second-order valence-corrected chi connectivity index (χ2v) is 2.77. The summed E-state index contributed by atoms with van der Waals surface area (Å²) >= 11 is 0. The lowest BCUT2D eigenvalue weighted by molar-refractivity contribution is 0.0525. The fourth-order valence-corrected chi connectivity index (χ4v) is 1.10. The average molecular weight is 234 g/mol. The molecule has 0 spiro atoms. The van der Waals surface area contributed by atoms with Crippen LogP contribution in [0.5, 0.6) is 0 Å². The minimum Gasteiger partial charge on any atom is -0.462 e. The third kappa shape index (κ3) is 3.85. The standard InChI is InChI=1S/C10H12FNO2.ClH/c1-2-14-10(13)8-3-7(6-12)4-9(11)5-8;/h3-5H,2,6,12H2,1H3;1H. The van der Waals surface area contributed by atoms with E-state index in [0.29, 0.717) is 5.56 Å². The third-order valence-corrected chi connectivity index (χ3v) is 1.70. The number of carbonyl (C=O) groups excluding carboxylic acids is 1. The van der Waals surface area contributed by atoms with Crippen LogP contribution < -0.4 is 5.73 Å². The summed E-state index contributed by atoms with van der Waals surface area (Å²) in [5.41, 5.74) is 6.12. The summed E-state index contributed by atoms with van der Waals surface area (Å²) < 4.78 is 17.7. The van der Waals surface area contributed by atoms with E-state index in [4.69, 9.17) is 10.5 Å². The maximum absolute atomic E-state index is 13.0. The Morgan fingerprint density at radius 1 is 1.47 bits per heavy atom. The van der Waals surface area contributed by atoms with Crippen molar-refractivity contribution >= 4 is 18.4 Å². The minimum absolute atomic E-state index is 0. The zero-order chi connectivity index (χ0) is 10.6. The van der Waals surface area contributed by atoms with Crippen LogP contribution in [0.15, 0.2) is 18.2 Å². The number of benzene rings is 1. The fraction of sp³-hybridized carbons (Fsp3) is 0.300. The van der Waals surface area contributed by atoms with Crippen molar-refractivity contribution in [1.82, 2.24) is 0 Å². The maximum atomic E-state index is 13.0. The van der Waals surface area contributed by atoms with E-state index in [0.717, 1.165) is 6.07 Å². The van der Waals surface area contributed by atoms with Crippen LogP contribution in [0.3, 0.4) is 0 Å². The van der Waals surface area contributed by atoms with E-state index < -0.39 is 11.8 Å². The summed E-state index contributed by atoms with van der Waals surface area (Å²) in [5.74, 6) is -1.00. The van der Waals surface area contributed by atoms with Crippen LogP contribution in [-0.2, 0) is 11.3 Å². The second-order valence-electron chi connectivity index (χ2n) is 2.77. The molecule has 0 atom stereocenters. The predicted octanol–water partition coefficient (Wildman–Crippen LogP) is 1.88. The molecule has 0 radical (unpaired) electrons. The number of halogens is 2. The summed E-state index contributed by atoms with van der Waals surface area (Å²) in [4.78, 5) is 11.2. The molecule has 3 nitrogen and oxygen atoms in total. The summed E-state index contributed by atoms with van der Waals surface area (Å²) in [6.07, 6.45) is 0. The molecule has 0 fully saturated rings. The van der Waals surface area contributed by atoms with Crippen LogP contribution in [0.1, 0.15) is 22.8 Å². The minimum atomic E-state index is -0.526. The number of hydrogen-bond donors (Lipinski definition) is 1. The van der Waals surface area contributed by atoms with E-state index in [1.807, 2.05) is 0 Å². The van der Waals surface area contributed by atoms with Gasteiger partial charge in [0.15, 0.2) is 0 Å². The van der Waals surface area contributed by atoms with Gasteiger partial charge in [-0.3, -0.25) is 0 Å². The number of carbonyl (C=O) groups is 1. The number of hydrogen-bond acceptors (Lipinski definition) is 3. The van der Waals surface area contributed by atoms with Gasteiger partial charge in [-0.25, -0.2) is 9.18 Å². The lowest BCUT2D eigenvalue weighted by atomic mass is 10.1. The Labute approximate surface area is 93.8 Å². The monoisotopic (exact) mass is 233 g/mol. The molecule has 0 unspecified atom stereocenters. The van der Waals surface area contributed by atoms with Crippen LogP contribution in [0.2, 0.25) is 0 Å². The molecule has 0 aromatic heterocycles. The number of rotatable bonds is 3. The van der Waals surface area contributed by atoms with Gasteiger partial charge in [0.1, 0.15) is 5.82 Å². The molecule has 0 saturated carbocycles. The molecule has 1 aromatic rings. The molecule has 0 aliphatic rings. The zero-order valence-corrected chi connectivity index (χ0v) is 9.14. The Kier molecular flexibility index (Phi) is 5.89. The number of nitrogens with two attached hydrogens (primary N) is 1. The van der Waals surface area contributed by atoms with E-state index in [2.05, 4.69) is 0 Å². The SMILES string of the molecule is CCOC(=O)c1cc(F)cc(CN)c1.Cl. The molecule has 1 rings (SSSR count). The Hall–Kier alpha value is -1.13. The van der Waals surface area contributed by atoms with Crippen LogP contribution in [-0.4, -0.2) is 12.6 Å². The van der Waals surface area contributed by atoms with E-state index in [1.54, 1.807) is 6.92 Å². The number of ether oxygens (including phenoxy) is 1. The summed E-state index contributed by atoms with van der Waals surface area (Å²) in [7, 11) is 0. The molecule has 0 heterocycles. The molecule has 2 N–H and O–H groups in total. The van der Waals surface area contributed by atoms with Gasteiger partial charge in [-0.2, -0.15) is 0 Å². The van der Waals surface area contributed by atoms with Gasteiger partial charge < -0.3 is 10.5 Å². The largest absolute Gasteiger partial charge is 0.462 e. The van der Waals surface area contributed by atoms with Crippen molar-refractivity contribution in [2.75, 3.05) is 6.61 Å². The van der Waals surface area contributed by atoms with Crippen LogP contribution >= 0.6 is 12.4 Å². The first kappa shape index (κ1) is 13.9. The Morgan fingerprint density at radius 2 is 2.13 bits per heavy atom. The first-order valence-corrected chi connectivity index (χ1v) is 4.34. The molecule has 0 saturated heterocycles. The van der Waals surface area contributed by atoms with Crippen molar-refractivity contribution in [3.05, 3.63) is 35.1 Å². The first-order valence-electron chi connectivity index (χ1n) is 4.34. The number of esters is 1. The topological polar surface area (TPSA) is 52.3 Å². The summed E-state index contributed by atoms with van der Waals surface area (Å²) in [5, 5.41) is 0.